The van der Waals surface area contributed by atoms with Gasteiger partial charge in [-0.2, -0.15) is 0 Å². The smallest absolute Gasteiger partial charge is 0.330 e. The number of hydrogen-bond acceptors (Lipinski definition) is 2. The maximum absolute atomic E-state index is 11.6. The van der Waals surface area contributed by atoms with Crippen LogP contribution in [0.1, 0.15) is 31.9 Å². The van der Waals surface area contributed by atoms with Crippen molar-refractivity contribution in [3.63, 3.8) is 0 Å². The highest BCUT2D eigenvalue weighted by molar-refractivity contribution is 9.10. The summed E-state index contributed by atoms with van der Waals surface area (Å²) in [6.07, 6.45) is 0.317. The third kappa shape index (κ3) is 4.49. The summed E-state index contributed by atoms with van der Waals surface area (Å²) < 4.78 is 0.782. The third-order valence-electron chi connectivity index (χ3n) is 2.33. The van der Waals surface area contributed by atoms with Gasteiger partial charge in [-0.15, -0.1) is 0 Å². The Balaban J connectivity index is 2.84. The van der Waals surface area contributed by atoms with Crippen molar-refractivity contribution in [1.29, 1.82) is 0 Å². The molecule has 2 N–H and O–H groups in total. The van der Waals surface area contributed by atoms with E-state index in [-0.39, 0.29) is 11.8 Å². The molecule has 1 aromatic carbocycles. The topological polar surface area (TPSA) is 66.4 Å². The SMILES string of the molecule is CC(C)CC(=O)NC(C(=O)O)c1cccc(Br)c1. The van der Waals surface area contributed by atoms with Crippen LogP contribution in [0.25, 0.3) is 0 Å². The van der Waals surface area contributed by atoms with E-state index in [0.29, 0.717) is 12.0 Å². The maximum Gasteiger partial charge on any atom is 0.330 e. The van der Waals surface area contributed by atoms with Crippen molar-refractivity contribution in [2.24, 2.45) is 5.92 Å². The summed E-state index contributed by atoms with van der Waals surface area (Å²) in [7, 11) is 0. The van der Waals surface area contributed by atoms with Crippen LogP contribution in [-0.4, -0.2) is 17.0 Å². The van der Waals surface area contributed by atoms with Gasteiger partial charge in [-0.3, -0.25) is 4.79 Å². The van der Waals surface area contributed by atoms with E-state index in [2.05, 4.69) is 21.2 Å². The highest BCUT2D eigenvalue weighted by atomic mass is 79.9. The van der Waals surface area contributed by atoms with E-state index in [0.717, 1.165) is 4.47 Å². The molecule has 0 aromatic heterocycles. The predicted octanol–water partition coefficient (Wildman–Crippen LogP) is 2.74. The fourth-order valence-corrected chi connectivity index (χ4v) is 1.98. The van der Waals surface area contributed by atoms with Gasteiger partial charge in [0.1, 0.15) is 0 Å². The number of aliphatic carboxylic acids is 1. The van der Waals surface area contributed by atoms with E-state index in [1.807, 2.05) is 13.8 Å². The first-order valence-electron chi connectivity index (χ1n) is 5.67. The van der Waals surface area contributed by atoms with Crippen molar-refractivity contribution < 1.29 is 14.7 Å². The highest BCUT2D eigenvalue weighted by Gasteiger charge is 2.22. The van der Waals surface area contributed by atoms with Crippen LogP contribution < -0.4 is 5.32 Å². The van der Waals surface area contributed by atoms with Crippen LogP contribution in [0.15, 0.2) is 28.7 Å². The number of carboxylic acid groups (broad SMARTS) is 1. The number of carboxylic acids is 1. The molecule has 0 saturated carbocycles. The molecular weight excluding hydrogens is 298 g/mol. The van der Waals surface area contributed by atoms with Crippen LogP contribution in [0.2, 0.25) is 0 Å². The van der Waals surface area contributed by atoms with Crippen LogP contribution in [0.4, 0.5) is 0 Å². The Labute approximate surface area is 115 Å². The lowest BCUT2D eigenvalue weighted by atomic mass is 10.1. The summed E-state index contributed by atoms with van der Waals surface area (Å²) in [6.45, 7) is 3.82. The van der Waals surface area contributed by atoms with Crippen molar-refractivity contribution in [2.45, 2.75) is 26.3 Å². The molecular formula is C13H16BrNO3. The molecule has 0 aliphatic heterocycles. The Morgan fingerprint density at radius 1 is 1.39 bits per heavy atom. The summed E-state index contributed by atoms with van der Waals surface area (Å²) >= 11 is 3.28. The molecule has 0 fully saturated rings. The monoisotopic (exact) mass is 313 g/mol. The van der Waals surface area contributed by atoms with Gasteiger partial charge in [-0.05, 0) is 23.6 Å². The zero-order chi connectivity index (χ0) is 13.7. The Kier molecular flexibility index (Phi) is 5.34. The molecule has 0 saturated heterocycles. The molecule has 0 aliphatic rings. The molecule has 1 unspecified atom stereocenters. The third-order valence-corrected chi connectivity index (χ3v) is 2.82. The average Bonchev–Trinajstić information content (AvgIpc) is 2.24. The molecule has 18 heavy (non-hydrogen) atoms. The fourth-order valence-electron chi connectivity index (χ4n) is 1.56. The lowest BCUT2D eigenvalue weighted by Gasteiger charge is -2.16. The molecule has 0 aliphatic carbocycles. The van der Waals surface area contributed by atoms with Gasteiger partial charge in [0.2, 0.25) is 5.91 Å². The number of carbonyl (C=O) groups excluding carboxylic acids is 1. The fraction of sp³-hybridized carbons (Fsp3) is 0.385. The van der Waals surface area contributed by atoms with Crippen molar-refractivity contribution in [3.8, 4) is 0 Å². The largest absolute Gasteiger partial charge is 0.479 e. The second kappa shape index (κ2) is 6.54. The van der Waals surface area contributed by atoms with Crippen LogP contribution in [0.3, 0.4) is 0 Å². The number of amides is 1. The van der Waals surface area contributed by atoms with Crippen LogP contribution in [-0.2, 0) is 9.59 Å². The zero-order valence-electron chi connectivity index (χ0n) is 10.3. The van der Waals surface area contributed by atoms with Gasteiger partial charge in [-0.25, -0.2) is 4.79 Å². The van der Waals surface area contributed by atoms with E-state index >= 15 is 0 Å². The summed E-state index contributed by atoms with van der Waals surface area (Å²) in [5.74, 6) is -1.12. The number of halogens is 1. The Bertz CT molecular complexity index is 446. The molecule has 0 heterocycles. The first-order valence-corrected chi connectivity index (χ1v) is 6.47. The second-order valence-electron chi connectivity index (χ2n) is 4.49. The maximum atomic E-state index is 11.6. The number of benzene rings is 1. The summed E-state index contributed by atoms with van der Waals surface area (Å²) in [5.41, 5.74) is 0.550. The van der Waals surface area contributed by atoms with Gasteiger partial charge in [-0.1, -0.05) is 41.9 Å². The molecule has 1 aromatic rings. The first kappa shape index (κ1) is 14.7. The Morgan fingerprint density at radius 2 is 2.06 bits per heavy atom. The normalized spacial score (nSPS) is 12.2. The molecule has 1 rings (SSSR count). The highest BCUT2D eigenvalue weighted by Crippen LogP contribution is 2.19. The van der Waals surface area contributed by atoms with Crippen LogP contribution in [0, 0.1) is 5.92 Å². The number of rotatable bonds is 5. The minimum absolute atomic E-state index is 0.196. The van der Waals surface area contributed by atoms with Crippen molar-refractivity contribution in [1.82, 2.24) is 5.32 Å². The van der Waals surface area contributed by atoms with E-state index in [1.54, 1.807) is 24.3 Å². The molecule has 1 amide bonds. The number of nitrogens with one attached hydrogen (secondary N) is 1. The van der Waals surface area contributed by atoms with Crippen molar-refractivity contribution in [2.75, 3.05) is 0 Å². The van der Waals surface area contributed by atoms with Gasteiger partial charge in [0, 0.05) is 10.9 Å². The van der Waals surface area contributed by atoms with Gasteiger partial charge in [0.05, 0.1) is 0 Å². The molecule has 5 heteroatoms. The summed E-state index contributed by atoms with van der Waals surface area (Å²) in [4.78, 5) is 22.8. The van der Waals surface area contributed by atoms with Crippen LogP contribution in [0.5, 0.6) is 0 Å². The first-order chi connectivity index (χ1) is 8.40. The molecule has 1 atom stereocenters. The van der Waals surface area contributed by atoms with Gasteiger partial charge >= 0.3 is 5.97 Å². The van der Waals surface area contributed by atoms with E-state index in [9.17, 15) is 14.7 Å². The Morgan fingerprint density at radius 3 is 2.56 bits per heavy atom. The van der Waals surface area contributed by atoms with Gasteiger partial charge in [0.25, 0.3) is 0 Å². The minimum Gasteiger partial charge on any atom is -0.479 e. The lowest BCUT2D eigenvalue weighted by molar-refractivity contribution is -0.142. The second-order valence-corrected chi connectivity index (χ2v) is 5.41. The molecule has 0 radical (unpaired) electrons. The van der Waals surface area contributed by atoms with E-state index in [1.165, 1.54) is 0 Å². The molecule has 98 valence electrons. The van der Waals surface area contributed by atoms with E-state index in [4.69, 9.17) is 0 Å². The zero-order valence-corrected chi connectivity index (χ0v) is 11.9. The van der Waals surface area contributed by atoms with Gasteiger partial charge < -0.3 is 10.4 Å². The number of hydrogen-bond donors (Lipinski definition) is 2. The Hall–Kier alpha value is -1.36. The van der Waals surface area contributed by atoms with Crippen LogP contribution >= 0.6 is 15.9 Å². The van der Waals surface area contributed by atoms with E-state index < -0.39 is 12.0 Å². The summed E-state index contributed by atoms with van der Waals surface area (Å²) in [5, 5.41) is 11.7. The lowest BCUT2D eigenvalue weighted by Crippen LogP contribution is -2.34. The minimum atomic E-state index is -1.06. The molecule has 0 bridgehead atoms. The quantitative estimate of drug-likeness (QED) is 0.878. The number of carbonyl (C=O) groups is 2. The van der Waals surface area contributed by atoms with Gasteiger partial charge in [0.15, 0.2) is 6.04 Å². The average molecular weight is 314 g/mol. The predicted molar refractivity (Wildman–Crippen MR) is 72.1 cm³/mol. The molecule has 0 spiro atoms. The summed E-state index contributed by atoms with van der Waals surface area (Å²) in [6, 6.07) is 5.91. The van der Waals surface area contributed by atoms with Crippen molar-refractivity contribution >= 4 is 27.8 Å². The standard InChI is InChI=1S/C13H16BrNO3/c1-8(2)6-11(16)15-12(13(17)18)9-4-3-5-10(14)7-9/h3-5,7-8,12H,6H2,1-2H3,(H,15,16)(H,17,18). The molecule has 4 nitrogen and oxygen atoms in total. The van der Waals surface area contributed by atoms with Crippen molar-refractivity contribution in [3.05, 3.63) is 34.3 Å².